The summed E-state index contributed by atoms with van der Waals surface area (Å²) in [5.41, 5.74) is 5.18. The molecule has 0 aliphatic carbocycles. The SMILES string of the molecule is C.C.CC(C)C(C)(C)N.CC(C)C(C)(C)O.CC(C)CC1CCCN1.CCCC(C)C.CCCC(C)C. The fourth-order valence-electron chi connectivity index (χ4n) is 2.68. The van der Waals surface area contributed by atoms with Crippen molar-refractivity contribution in [3.8, 4) is 0 Å². The Balaban J connectivity index is -0.0000000809. The van der Waals surface area contributed by atoms with Crippen molar-refractivity contribution in [2.24, 2.45) is 35.3 Å². The van der Waals surface area contributed by atoms with E-state index < -0.39 is 5.60 Å². The molecule has 1 heterocycles. The average Bonchev–Trinajstić information content (AvgIpc) is 3.14. The third-order valence-electron chi connectivity index (χ3n) is 6.55. The second-order valence-corrected chi connectivity index (χ2v) is 13.6. The Morgan fingerprint density at radius 3 is 1.16 bits per heavy atom. The van der Waals surface area contributed by atoms with Crippen LogP contribution in [0.15, 0.2) is 0 Å². The van der Waals surface area contributed by atoms with Crippen LogP contribution >= 0.6 is 0 Å². The number of aliphatic hydroxyl groups is 1. The summed E-state index contributed by atoms with van der Waals surface area (Å²) in [6, 6.07) is 0.838. The number of hydrogen-bond donors (Lipinski definition) is 3. The predicted molar refractivity (Wildman–Crippen MR) is 178 cm³/mol. The number of hydrogen-bond acceptors (Lipinski definition) is 3. The average molecular weight is 535 g/mol. The maximum Gasteiger partial charge on any atom is 0.0614 e. The smallest absolute Gasteiger partial charge is 0.0614 e. The van der Waals surface area contributed by atoms with Crippen molar-refractivity contribution in [3.05, 3.63) is 0 Å². The zero-order chi connectivity index (χ0) is 28.8. The summed E-state index contributed by atoms with van der Waals surface area (Å²) < 4.78 is 0. The van der Waals surface area contributed by atoms with Gasteiger partial charge in [0.25, 0.3) is 0 Å². The van der Waals surface area contributed by atoms with E-state index >= 15 is 0 Å². The van der Waals surface area contributed by atoms with Crippen LogP contribution in [0.4, 0.5) is 0 Å². The number of nitrogens with one attached hydrogen (secondary N) is 1. The Hall–Kier alpha value is -0.120. The molecule has 234 valence electrons. The van der Waals surface area contributed by atoms with Crippen LogP contribution in [0.25, 0.3) is 0 Å². The molecule has 0 bridgehead atoms. The van der Waals surface area contributed by atoms with Crippen LogP contribution in [0.2, 0.25) is 0 Å². The van der Waals surface area contributed by atoms with E-state index in [4.69, 9.17) is 10.8 Å². The van der Waals surface area contributed by atoms with E-state index in [1.807, 2.05) is 41.5 Å². The molecule has 0 spiro atoms. The standard InChI is InChI=1S/C8H17N.C6H15N.C6H14O.2C6H14.2CH4/c1-7(2)6-8-4-3-5-9-8;2*1-5(2)6(3,4)7;2*1-4-5-6(2)3;;/h7-9H,3-6H2,1-2H3;5H,7H2,1-4H3;5,7H,1-4H3;2*6H,4-5H2,1-3H3;2*1H4. The van der Waals surface area contributed by atoms with Gasteiger partial charge in [0.2, 0.25) is 0 Å². The molecule has 1 atom stereocenters. The molecule has 1 saturated heterocycles. The van der Waals surface area contributed by atoms with Gasteiger partial charge in [-0.1, -0.05) is 124 Å². The highest BCUT2D eigenvalue weighted by molar-refractivity contribution is 4.75. The van der Waals surface area contributed by atoms with E-state index in [9.17, 15) is 0 Å². The van der Waals surface area contributed by atoms with E-state index in [0.29, 0.717) is 11.8 Å². The third kappa shape index (κ3) is 49.4. The van der Waals surface area contributed by atoms with Crippen LogP contribution < -0.4 is 11.1 Å². The first kappa shape index (κ1) is 49.8. The summed E-state index contributed by atoms with van der Waals surface area (Å²) in [5.74, 6) is 3.59. The van der Waals surface area contributed by atoms with Crippen LogP contribution in [-0.2, 0) is 0 Å². The molecule has 4 N–H and O–H groups in total. The van der Waals surface area contributed by atoms with Crippen molar-refractivity contribution < 1.29 is 5.11 Å². The van der Waals surface area contributed by atoms with E-state index in [0.717, 1.165) is 23.8 Å². The molecule has 1 aliphatic rings. The van der Waals surface area contributed by atoms with Gasteiger partial charge in [-0.25, -0.2) is 0 Å². The second kappa shape index (κ2) is 28.9. The van der Waals surface area contributed by atoms with E-state index in [1.54, 1.807) is 0 Å². The number of nitrogens with two attached hydrogens (primary N) is 1. The highest BCUT2D eigenvalue weighted by atomic mass is 16.3. The second-order valence-electron chi connectivity index (χ2n) is 13.6. The molecular weight excluding hydrogens is 452 g/mol. The molecule has 0 amide bonds. The van der Waals surface area contributed by atoms with Gasteiger partial charge in [0.15, 0.2) is 0 Å². The van der Waals surface area contributed by atoms with Gasteiger partial charge in [-0.05, 0) is 83.1 Å². The monoisotopic (exact) mass is 535 g/mol. The first-order valence-electron chi connectivity index (χ1n) is 15.0. The molecule has 1 fully saturated rings. The van der Waals surface area contributed by atoms with E-state index in [-0.39, 0.29) is 20.4 Å². The Labute approximate surface area is 239 Å². The van der Waals surface area contributed by atoms with Crippen molar-refractivity contribution in [2.45, 2.75) is 188 Å². The molecule has 37 heavy (non-hydrogen) atoms. The van der Waals surface area contributed by atoms with Gasteiger partial charge in [-0.15, -0.1) is 0 Å². The zero-order valence-corrected chi connectivity index (χ0v) is 27.6. The summed E-state index contributed by atoms with van der Waals surface area (Å²) >= 11 is 0. The summed E-state index contributed by atoms with van der Waals surface area (Å²) in [6.07, 6.45) is 9.56. The minimum Gasteiger partial charge on any atom is -0.390 e. The van der Waals surface area contributed by atoms with E-state index in [2.05, 4.69) is 74.6 Å². The summed E-state index contributed by atoms with van der Waals surface area (Å²) in [4.78, 5) is 0. The largest absolute Gasteiger partial charge is 0.390 e. The van der Waals surface area contributed by atoms with Crippen molar-refractivity contribution in [2.75, 3.05) is 6.54 Å². The fourth-order valence-corrected chi connectivity index (χ4v) is 2.68. The molecule has 1 rings (SSSR count). The predicted octanol–water partition coefficient (Wildman–Crippen LogP) is 10.7. The lowest BCUT2D eigenvalue weighted by Crippen LogP contribution is -2.37. The lowest BCUT2D eigenvalue weighted by atomic mass is 9.92. The Morgan fingerprint density at radius 1 is 0.730 bits per heavy atom. The minimum atomic E-state index is -0.500. The number of rotatable bonds is 8. The van der Waals surface area contributed by atoms with Crippen molar-refractivity contribution in [1.29, 1.82) is 0 Å². The normalized spacial score (nSPS) is 14.8. The molecule has 0 aromatic rings. The summed E-state index contributed by atoms with van der Waals surface area (Å²) in [6.45, 7) is 35.3. The quantitative estimate of drug-likeness (QED) is 0.290. The van der Waals surface area contributed by atoms with Crippen LogP contribution in [0.1, 0.15) is 171 Å². The van der Waals surface area contributed by atoms with Gasteiger partial charge in [0.05, 0.1) is 5.60 Å². The maximum atomic E-state index is 9.09. The molecule has 3 nitrogen and oxygen atoms in total. The van der Waals surface area contributed by atoms with Crippen molar-refractivity contribution in [1.82, 2.24) is 5.32 Å². The van der Waals surface area contributed by atoms with Crippen molar-refractivity contribution >= 4 is 0 Å². The fraction of sp³-hybridized carbons (Fsp3) is 1.00. The van der Waals surface area contributed by atoms with Crippen LogP contribution in [-0.4, -0.2) is 28.8 Å². The van der Waals surface area contributed by atoms with E-state index in [1.165, 1.54) is 51.5 Å². The van der Waals surface area contributed by atoms with Gasteiger partial charge in [-0.2, -0.15) is 0 Å². The van der Waals surface area contributed by atoms with Gasteiger partial charge < -0.3 is 16.2 Å². The first-order valence-corrected chi connectivity index (χ1v) is 15.0. The van der Waals surface area contributed by atoms with Gasteiger partial charge in [0, 0.05) is 11.6 Å². The van der Waals surface area contributed by atoms with Crippen LogP contribution in [0, 0.1) is 29.6 Å². The Bertz CT molecular complexity index is 367. The Kier molecular flexibility index (Phi) is 38.9. The third-order valence-corrected chi connectivity index (χ3v) is 6.55. The molecule has 0 aromatic carbocycles. The molecule has 1 aliphatic heterocycles. The zero-order valence-electron chi connectivity index (χ0n) is 27.6. The molecule has 0 radical (unpaired) electrons. The summed E-state index contributed by atoms with van der Waals surface area (Å²) in [7, 11) is 0. The highest BCUT2D eigenvalue weighted by Gasteiger charge is 2.16. The van der Waals surface area contributed by atoms with Crippen LogP contribution in [0.5, 0.6) is 0 Å². The minimum absolute atomic E-state index is 0. The first-order chi connectivity index (χ1) is 15.7. The van der Waals surface area contributed by atoms with Crippen molar-refractivity contribution in [3.63, 3.8) is 0 Å². The lowest BCUT2D eigenvalue weighted by molar-refractivity contribution is 0.0327. The van der Waals surface area contributed by atoms with Gasteiger partial charge in [-0.3, -0.25) is 0 Å². The lowest BCUT2D eigenvalue weighted by Gasteiger charge is -2.22. The molecule has 0 aromatic heterocycles. The Morgan fingerprint density at radius 2 is 1.05 bits per heavy atom. The molecule has 3 heteroatoms. The molecular formula is C34H82N2O. The molecule has 1 unspecified atom stereocenters. The maximum absolute atomic E-state index is 9.09. The molecule has 0 saturated carbocycles. The van der Waals surface area contributed by atoms with Crippen LogP contribution in [0.3, 0.4) is 0 Å². The topological polar surface area (TPSA) is 58.3 Å². The van der Waals surface area contributed by atoms with Gasteiger partial charge >= 0.3 is 0 Å². The summed E-state index contributed by atoms with van der Waals surface area (Å²) in [5, 5.41) is 12.6. The van der Waals surface area contributed by atoms with Gasteiger partial charge in [0.1, 0.15) is 0 Å². The highest BCUT2D eigenvalue weighted by Crippen LogP contribution is 2.14.